The maximum absolute atomic E-state index is 13.6. The number of benzene rings is 2. The molecule has 4 rings (SSSR count). The van der Waals surface area contributed by atoms with Gasteiger partial charge in [0.25, 0.3) is 11.8 Å². The van der Waals surface area contributed by atoms with Crippen LogP contribution >= 0.6 is 0 Å². The highest BCUT2D eigenvalue weighted by molar-refractivity contribution is 6.10. The number of pyridine rings is 1. The Hall–Kier alpha value is -3.52. The van der Waals surface area contributed by atoms with Crippen LogP contribution in [-0.2, 0) is 9.53 Å². The third-order valence-corrected chi connectivity index (χ3v) is 5.20. The van der Waals surface area contributed by atoms with Crippen LogP contribution in [0.5, 0.6) is 0 Å². The van der Waals surface area contributed by atoms with Gasteiger partial charge in [-0.05, 0) is 34.7 Å². The van der Waals surface area contributed by atoms with Gasteiger partial charge in [-0.3, -0.25) is 9.59 Å². The molecule has 154 valence electrons. The number of rotatable bonds is 3. The third-order valence-electron chi connectivity index (χ3n) is 5.20. The SMILES string of the molecule is CNC(=O)C1CN(C(=O)c2cnc(N)c3cc(-c4cccc(F)c4)ccc23)CCO1. The van der Waals surface area contributed by atoms with E-state index in [1.54, 1.807) is 29.2 Å². The number of halogens is 1. The lowest BCUT2D eigenvalue weighted by molar-refractivity contribution is -0.136. The van der Waals surface area contributed by atoms with Crippen molar-refractivity contribution in [2.75, 3.05) is 32.5 Å². The zero-order valence-corrected chi connectivity index (χ0v) is 16.4. The van der Waals surface area contributed by atoms with Crippen LogP contribution in [0.3, 0.4) is 0 Å². The first-order chi connectivity index (χ1) is 14.5. The lowest BCUT2D eigenvalue weighted by Gasteiger charge is -2.32. The second kappa shape index (κ2) is 8.08. The smallest absolute Gasteiger partial charge is 0.256 e. The maximum atomic E-state index is 13.6. The minimum Gasteiger partial charge on any atom is -0.383 e. The number of aromatic nitrogens is 1. The molecule has 0 radical (unpaired) electrons. The minimum atomic E-state index is -0.708. The third kappa shape index (κ3) is 3.69. The predicted molar refractivity (Wildman–Crippen MR) is 111 cm³/mol. The van der Waals surface area contributed by atoms with E-state index in [1.165, 1.54) is 25.4 Å². The summed E-state index contributed by atoms with van der Waals surface area (Å²) in [5.41, 5.74) is 7.94. The molecule has 0 saturated carbocycles. The van der Waals surface area contributed by atoms with Crippen molar-refractivity contribution in [1.82, 2.24) is 15.2 Å². The van der Waals surface area contributed by atoms with E-state index in [-0.39, 0.29) is 36.6 Å². The fraction of sp³-hybridized carbons (Fsp3) is 0.227. The number of likely N-dealkylation sites (N-methyl/N-ethyl adjacent to an activating group) is 1. The number of hydrogen-bond donors (Lipinski definition) is 2. The van der Waals surface area contributed by atoms with Crippen molar-refractivity contribution in [3.63, 3.8) is 0 Å². The van der Waals surface area contributed by atoms with Crippen LogP contribution < -0.4 is 11.1 Å². The van der Waals surface area contributed by atoms with Gasteiger partial charge >= 0.3 is 0 Å². The molecule has 3 N–H and O–H groups in total. The number of carbonyl (C=O) groups excluding carboxylic acids is 2. The van der Waals surface area contributed by atoms with Gasteiger partial charge in [0.2, 0.25) is 0 Å². The van der Waals surface area contributed by atoms with E-state index in [9.17, 15) is 14.0 Å². The number of fused-ring (bicyclic) bond motifs is 1. The molecular weight excluding hydrogens is 387 g/mol. The molecule has 1 aliphatic rings. The second-order valence-corrected chi connectivity index (χ2v) is 7.05. The predicted octanol–water partition coefficient (Wildman–Crippen LogP) is 2.21. The number of nitrogens with one attached hydrogen (secondary N) is 1. The molecule has 1 saturated heterocycles. The van der Waals surface area contributed by atoms with Gasteiger partial charge in [-0.25, -0.2) is 9.37 Å². The van der Waals surface area contributed by atoms with E-state index in [0.29, 0.717) is 28.4 Å². The summed E-state index contributed by atoms with van der Waals surface area (Å²) >= 11 is 0. The maximum Gasteiger partial charge on any atom is 0.256 e. The molecule has 1 fully saturated rings. The number of nitrogens with zero attached hydrogens (tertiary/aromatic N) is 2. The zero-order valence-electron chi connectivity index (χ0n) is 16.4. The summed E-state index contributed by atoms with van der Waals surface area (Å²) in [5, 5.41) is 3.80. The van der Waals surface area contributed by atoms with Gasteiger partial charge in [-0.2, -0.15) is 0 Å². The molecule has 0 aliphatic carbocycles. The van der Waals surface area contributed by atoms with Crippen molar-refractivity contribution in [2.24, 2.45) is 0 Å². The topological polar surface area (TPSA) is 97.6 Å². The first-order valence-corrected chi connectivity index (χ1v) is 9.54. The van der Waals surface area contributed by atoms with Gasteiger partial charge in [0.1, 0.15) is 11.6 Å². The Morgan fingerprint density at radius 3 is 2.77 bits per heavy atom. The summed E-state index contributed by atoms with van der Waals surface area (Å²) in [7, 11) is 1.53. The lowest BCUT2D eigenvalue weighted by Crippen LogP contribution is -2.51. The van der Waals surface area contributed by atoms with E-state index in [0.717, 1.165) is 5.56 Å². The van der Waals surface area contributed by atoms with Crippen molar-refractivity contribution in [3.8, 4) is 11.1 Å². The molecule has 2 aromatic carbocycles. The summed E-state index contributed by atoms with van der Waals surface area (Å²) in [6, 6.07) is 11.7. The Morgan fingerprint density at radius 1 is 1.20 bits per heavy atom. The molecule has 8 heteroatoms. The van der Waals surface area contributed by atoms with Gasteiger partial charge in [0.15, 0.2) is 6.10 Å². The fourth-order valence-corrected chi connectivity index (χ4v) is 3.61. The van der Waals surface area contributed by atoms with Gasteiger partial charge in [0, 0.05) is 25.2 Å². The van der Waals surface area contributed by atoms with Crippen molar-refractivity contribution in [2.45, 2.75) is 6.10 Å². The highest BCUT2D eigenvalue weighted by Crippen LogP contribution is 2.30. The highest BCUT2D eigenvalue weighted by atomic mass is 19.1. The van der Waals surface area contributed by atoms with Crippen LogP contribution in [0, 0.1) is 5.82 Å². The number of nitrogens with two attached hydrogens (primary N) is 1. The average Bonchev–Trinajstić information content (AvgIpc) is 2.78. The van der Waals surface area contributed by atoms with Gasteiger partial charge < -0.3 is 20.7 Å². The molecule has 1 atom stereocenters. The minimum absolute atomic E-state index is 0.158. The molecule has 1 aromatic heterocycles. The van der Waals surface area contributed by atoms with Crippen LogP contribution in [0.4, 0.5) is 10.2 Å². The molecule has 7 nitrogen and oxygen atoms in total. The molecule has 1 aliphatic heterocycles. The van der Waals surface area contributed by atoms with E-state index in [1.807, 2.05) is 6.07 Å². The molecule has 30 heavy (non-hydrogen) atoms. The summed E-state index contributed by atoms with van der Waals surface area (Å²) in [5.74, 6) is -0.568. The number of anilines is 1. The monoisotopic (exact) mass is 408 g/mol. The number of hydrogen-bond acceptors (Lipinski definition) is 5. The van der Waals surface area contributed by atoms with Crippen LogP contribution in [0.15, 0.2) is 48.7 Å². The number of ether oxygens (including phenoxy) is 1. The van der Waals surface area contributed by atoms with Crippen LogP contribution in [-0.4, -0.2) is 54.5 Å². The lowest BCUT2D eigenvalue weighted by atomic mass is 9.99. The van der Waals surface area contributed by atoms with Gasteiger partial charge in [-0.1, -0.05) is 24.3 Å². The van der Waals surface area contributed by atoms with E-state index < -0.39 is 6.10 Å². The molecule has 1 unspecified atom stereocenters. The Morgan fingerprint density at radius 2 is 2.00 bits per heavy atom. The van der Waals surface area contributed by atoms with Crippen LogP contribution in [0.25, 0.3) is 21.9 Å². The van der Waals surface area contributed by atoms with Crippen molar-refractivity contribution >= 4 is 28.4 Å². The Balaban J connectivity index is 1.70. The van der Waals surface area contributed by atoms with Crippen LogP contribution in [0.1, 0.15) is 10.4 Å². The summed E-state index contributed by atoms with van der Waals surface area (Å²) in [6.07, 6.45) is 0.743. The number of carbonyl (C=O) groups is 2. The first-order valence-electron chi connectivity index (χ1n) is 9.54. The number of amides is 2. The fourth-order valence-electron chi connectivity index (χ4n) is 3.61. The second-order valence-electron chi connectivity index (χ2n) is 7.05. The summed E-state index contributed by atoms with van der Waals surface area (Å²) in [6.45, 7) is 0.805. The summed E-state index contributed by atoms with van der Waals surface area (Å²) < 4.78 is 19.1. The van der Waals surface area contributed by atoms with E-state index in [4.69, 9.17) is 10.5 Å². The largest absolute Gasteiger partial charge is 0.383 e. The first kappa shape index (κ1) is 19.8. The van der Waals surface area contributed by atoms with Gasteiger partial charge in [-0.15, -0.1) is 0 Å². The molecule has 0 spiro atoms. The Kier molecular flexibility index (Phi) is 5.33. The molecule has 2 heterocycles. The van der Waals surface area contributed by atoms with Crippen molar-refractivity contribution < 1.29 is 18.7 Å². The zero-order chi connectivity index (χ0) is 21.3. The molecule has 3 aromatic rings. The Labute approximate surface area is 172 Å². The Bertz CT molecular complexity index is 1130. The molecule has 0 bridgehead atoms. The standard InChI is InChI=1S/C22H21FN4O3/c1-25-21(28)19-12-27(7-8-30-19)22(29)18-11-26-20(24)17-10-14(5-6-16(17)18)13-3-2-4-15(23)9-13/h2-6,9-11,19H,7-8,12H2,1H3,(H2,24,26)(H,25,28). The van der Waals surface area contributed by atoms with Crippen molar-refractivity contribution in [1.29, 1.82) is 0 Å². The van der Waals surface area contributed by atoms with E-state index in [2.05, 4.69) is 10.3 Å². The molecular formula is C22H21FN4O3. The summed E-state index contributed by atoms with van der Waals surface area (Å²) in [4.78, 5) is 30.9. The van der Waals surface area contributed by atoms with E-state index >= 15 is 0 Å². The van der Waals surface area contributed by atoms with Gasteiger partial charge in [0.05, 0.1) is 18.7 Å². The highest BCUT2D eigenvalue weighted by Gasteiger charge is 2.30. The number of morpholine rings is 1. The van der Waals surface area contributed by atoms with Crippen LogP contribution in [0.2, 0.25) is 0 Å². The molecule has 2 amide bonds. The normalized spacial score (nSPS) is 16.5. The van der Waals surface area contributed by atoms with Crippen molar-refractivity contribution in [3.05, 3.63) is 60.0 Å². The average molecular weight is 408 g/mol. The quantitative estimate of drug-likeness (QED) is 0.693. The number of nitrogen functional groups attached to an aromatic ring is 1.